The van der Waals surface area contributed by atoms with Gasteiger partial charge in [0.05, 0.1) is 28.5 Å². The first kappa shape index (κ1) is 23.6. The monoisotopic (exact) mass is 506 g/mol. The van der Waals surface area contributed by atoms with E-state index in [2.05, 4.69) is 141 Å². The van der Waals surface area contributed by atoms with Gasteiger partial charge in [0, 0.05) is 22.2 Å². The number of hydrogen-bond donors (Lipinski definition) is 0. The van der Waals surface area contributed by atoms with E-state index in [4.69, 9.17) is 4.98 Å². The lowest BCUT2D eigenvalue weighted by atomic mass is 9.80. The van der Waals surface area contributed by atoms with Crippen LogP contribution in [0.3, 0.4) is 0 Å². The summed E-state index contributed by atoms with van der Waals surface area (Å²) in [4.78, 5) is 5.16. The minimum atomic E-state index is 0.0162. The van der Waals surface area contributed by atoms with E-state index in [1.807, 2.05) is 6.20 Å². The number of pyridine rings is 2. The molecule has 0 fully saturated rings. The molecule has 0 saturated carbocycles. The summed E-state index contributed by atoms with van der Waals surface area (Å²) < 4.78 is 4.56. The Morgan fingerprint density at radius 1 is 0.718 bits per heavy atom. The quantitative estimate of drug-likeness (QED) is 0.215. The molecule has 0 aliphatic carbocycles. The Labute approximate surface area is 229 Å². The van der Waals surface area contributed by atoms with Crippen LogP contribution in [0.25, 0.3) is 60.4 Å². The van der Waals surface area contributed by atoms with Crippen molar-refractivity contribution in [3.8, 4) is 16.9 Å². The molecular formula is C36H32N3+. The van der Waals surface area contributed by atoms with Gasteiger partial charge in [-0.1, -0.05) is 81.4 Å². The van der Waals surface area contributed by atoms with Crippen LogP contribution in [-0.4, -0.2) is 9.55 Å². The van der Waals surface area contributed by atoms with E-state index in [0.29, 0.717) is 0 Å². The fraction of sp³-hybridized carbons (Fsp3) is 0.167. The molecule has 39 heavy (non-hydrogen) atoms. The average Bonchev–Trinajstić information content (AvgIpc) is 3.27. The van der Waals surface area contributed by atoms with E-state index in [0.717, 1.165) is 22.3 Å². The third-order valence-corrected chi connectivity index (χ3v) is 8.17. The Kier molecular flexibility index (Phi) is 5.15. The topological polar surface area (TPSA) is 21.7 Å². The highest BCUT2D eigenvalue weighted by Gasteiger charge is 2.25. The maximum Gasteiger partial charge on any atom is 0.239 e. The lowest BCUT2D eigenvalue weighted by Gasteiger charge is -2.24. The Morgan fingerprint density at radius 2 is 1.31 bits per heavy atom. The summed E-state index contributed by atoms with van der Waals surface area (Å²) in [7, 11) is 2.13. The van der Waals surface area contributed by atoms with Crippen LogP contribution in [0.1, 0.15) is 31.9 Å². The van der Waals surface area contributed by atoms with Gasteiger partial charge in [-0.25, -0.2) is 4.98 Å². The number of rotatable bonds is 2. The Bertz CT molecular complexity index is 2020. The smallest absolute Gasteiger partial charge is 0.239 e. The maximum absolute atomic E-state index is 5.16. The molecule has 0 aliphatic rings. The van der Waals surface area contributed by atoms with E-state index >= 15 is 0 Å². The summed E-state index contributed by atoms with van der Waals surface area (Å²) in [5.74, 6) is 0. The highest BCUT2D eigenvalue weighted by molar-refractivity contribution is 6.09. The molecule has 4 aromatic carbocycles. The van der Waals surface area contributed by atoms with Crippen molar-refractivity contribution >= 4 is 43.5 Å². The van der Waals surface area contributed by atoms with Gasteiger partial charge in [-0.15, -0.1) is 0 Å². The van der Waals surface area contributed by atoms with E-state index in [-0.39, 0.29) is 5.41 Å². The second-order valence-electron chi connectivity index (χ2n) is 11.7. The summed E-state index contributed by atoms with van der Waals surface area (Å²) in [6, 6.07) is 32.9. The maximum atomic E-state index is 5.16. The molecule has 190 valence electrons. The summed E-state index contributed by atoms with van der Waals surface area (Å²) in [5, 5.41) is 6.28. The molecule has 3 heterocycles. The standard InChI is InChI=1S/C36H32N3/c1-23-26-12-6-7-13-27(26)31(36(2,3)4)21-30(23)35-34-24(18-19-38(35)5)20-25(22-37-34)39-32-16-10-8-14-28(32)29-15-9-11-17-33(29)39/h6-22H,1-5H3/q+1. The Hall–Kier alpha value is -4.50. The average molecular weight is 507 g/mol. The van der Waals surface area contributed by atoms with Crippen LogP contribution in [0.5, 0.6) is 0 Å². The van der Waals surface area contributed by atoms with E-state index < -0.39 is 0 Å². The zero-order valence-corrected chi connectivity index (χ0v) is 23.2. The van der Waals surface area contributed by atoms with Gasteiger partial charge in [-0.05, 0) is 58.5 Å². The molecule has 3 heteroatoms. The molecule has 0 aliphatic heterocycles. The third kappa shape index (κ3) is 3.57. The predicted octanol–water partition coefficient (Wildman–Crippen LogP) is 8.58. The normalized spacial score (nSPS) is 12.2. The molecule has 0 bridgehead atoms. The Balaban J connectivity index is 1.51. The van der Waals surface area contributed by atoms with Crippen molar-refractivity contribution in [3.05, 3.63) is 115 Å². The zero-order chi connectivity index (χ0) is 26.9. The molecule has 7 rings (SSSR count). The van der Waals surface area contributed by atoms with Crippen molar-refractivity contribution in [2.24, 2.45) is 7.05 Å². The molecule has 3 aromatic heterocycles. The third-order valence-electron chi connectivity index (χ3n) is 8.17. The summed E-state index contributed by atoms with van der Waals surface area (Å²) in [6.45, 7) is 9.14. The van der Waals surface area contributed by atoms with Crippen LogP contribution in [0.2, 0.25) is 0 Å². The van der Waals surface area contributed by atoms with Gasteiger partial charge < -0.3 is 4.57 Å². The van der Waals surface area contributed by atoms with Gasteiger partial charge in [0.25, 0.3) is 0 Å². The van der Waals surface area contributed by atoms with E-state index in [1.54, 1.807) is 0 Å². The highest BCUT2D eigenvalue weighted by Crippen LogP contribution is 2.39. The SMILES string of the molecule is Cc1c(-c2c3ncc(-n4c5ccccc5c5ccccc54)cc3cc[n+]2C)cc(C(C)(C)C)c2ccccc12. The largest absolute Gasteiger partial charge is 0.308 e. The highest BCUT2D eigenvalue weighted by atomic mass is 15.0. The number of aromatic nitrogens is 3. The molecule has 0 radical (unpaired) electrons. The first-order chi connectivity index (χ1) is 18.8. The predicted molar refractivity (Wildman–Crippen MR) is 164 cm³/mol. The Morgan fingerprint density at radius 3 is 1.95 bits per heavy atom. The number of aryl methyl sites for hydroxylation is 2. The number of nitrogens with zero attached hydrogens (tertiary/aromatic N) is 3. The minimum Gasteiger partial charge on any atom is -0.308 e. The van der Waals surface area contributed by atoms with Crippen LogP contribution < -0.4 is 4.57 Å². The summed E-state index contributed by atoms with van der Waals surface area (Å²) >= 11 is 0. The molecule has 7 aromatic rings. The van der Waals surface area contributed by atoms with Crippen LogP contribution >= 0.6 is 0 Å². The second kappa shape index (κ2) is 8.51. The second-order valence-corrected chi connectivity index (χ2v) is 11.7. The molecule has 0 unspecified atom stereocenters. The molecule has 0 spiro atoms. The molecule has 0 atom stereocenters. The minimum absolute atomic E-state index is 0.0162. The van der Waals surface area contributed by atoms with E-state index in [9.17, 15) is 0 Å². The number of hydrogen-bond acceptors (Lipinski definition) is 1. The molecule has 3 nitrogen and oxygen atoms in total. The van der Waals surface area contributed by atoms with Crippen molar-refractivity contribution in [3.63, 3.8) is 0 Å². The number of para-hydroxylation sites is 2. The van der Waals surface area contributed by atoms with Crippen LogP contribution in [0.15, 0.2) is 103 Å². The van der Waals surface area contributed by atoms with E-state index in [1.165, 1.54) is 49.3 Å². The van der Waals surface area contributed by atoms with Crippen LogP contribution in [0, 0.1) is 6.92 Å². The number of fused-ring (bicyclic) bond motifs is 5. The van der Waals surface area contributed by atoms with Crippen molar-refractivity contribution in [1.29, 1.82) is 0 Å². The van der Waals surface area contributed by atoms with Gasteiger partial charge in [-0.3, -0.25) is 0 Å². The van der Waals surface area contributed by atoms with Crippen LogP contribution in [0.4, 0.5) is 0 Å². The van der Waals surface area contributed by atoms with Gasteiger partial charge in [0.2, 0.25) is 5.69 Å². The lowest BCUT2D eigenvalue weighted by Crippen LogP contribution is -2.31. The zero-order valence-electron chi connectivity index (χ0n) is 23.2. The van der Waals surface area contributed by atoms with Gasteiger partial charge in [-0.2, -0.15) is 4.57 Å². The summed E-state index contributed by atoms with van der Waals surface area (Å²) in [5.41, 5.74) is 9.53. The fourth-order valence-corrected chi connectivity index (χ4v) is 6.26. The van der Waals surface area contributed by atoms with Gasteiger partial charge in [0.15, 0.2) is 6.20 Å². The molecule has 0 amide bonds. The van der Waals surface area contributed by atoms with Crippen molar-refractivity contribution in [2.45, 2.75) is 33.1 Å². The van der Waals surface area contributed by atoms with Crippen molar-refractivity contribution in [2.75, 3.05) is 0 Å². The number of benzene rings is 4. The molecule has 0 N–H and O–H groups in total. The summed E-state index contributed by atoms with van der Waals surface area (Å²) in [6.07, 6.45) is 4.20. The molecular weight excluding hydrogens is 474 g/mol. The molecule has 0 saturated heterocycles. The van der Waals surface area contributed by atoms with Crippen molar-refractivity contribution < 1.29 is 4.57 Å². The van der Waals surface area contributed by atoms with Crippen molar-refractivity contribution in [1.82, 2.24) is 9.55 Å². The fourth-order valence-electron chi connectivity index (χ4n) is 6.26. The van der Waals surface area contributed by atoms with Gasteiger partial charge >= 0.3 is 0 Å². The van der Waals surface area contributed by atoms with Gasteiger partial charge in [0.1, 0.15) is 12.6 Å². The lowest BCUT2D eigenvalue weighted by molar-refractivity contribution is -0.659. The first-order valence-corrected chi connectivity index (χ1v) is 13.6. The first-order valence-electron chi connectivity index (χ1n) is 13.6. The van der Waals surface area contributed by atoms with Crippen LogP contribution in [-0.2, 0) is 12.5 Å².